The van der Waals surface area contributed by atoms with Gasteiger partial charge in [0.2, 0.25) is 0 Å². The van der Waals surface area contributed by atoms with Crippen LogP contribution in [-0.2, 0) is 6.54 Å². The van der Waals surface area contributed by atoms with Crippen molar-refractivity contribution in [3.63, 3.8) is 0 Å². The van der Waals surface area contributed by atoms with E-state index < -0.39 is 0 Å². The maximum Gasteiger partial charge on any atom is 0.196 e. The van der Waals surface area contributed by atoms with Gasteiger partial charge in [0.25, 0.3) is 0 Å². The number of carbonyl (C=O) groups is 1. The second-order valence-corrected chi connectivity index (χ2v) is 7.92. The molecule has 3 rings (SSSR count). The van der Waals surface area contributed by atoms with E-state index >= 15 is 0 Å². The lowest BCUT2D eigenvalue weighted by atomic mass is 9.99. The fraction of sp³-hybridized carbons (Fsp3) is 0.480. The number of ether oxygens (including phenoxy) is 1. The Morgan fingerprint density at radius 2 is 1.76 bits per heavy atom. The molecule has 1 aliphatic heterocycles. The molecular weight excluding hydrogens is 362 g/mol. The topological polar surface area (TPSA) is 49.8 Å². The van der Waals surface area contributed by atoms with Crippen LogP contribution in [0.5, 0.6) is 11.5 Å². The van der Waals surface area contributed by atoms with Gasteiger partial charge in [-0.05, 0) is 38.4 Å². The van der Waals surface area contributed by atoms with Crippen LogP contribution in [0.25, 0.3) is 0 Å². The average molecular weight is 396 g/mol. The molecule has 4 nitrogen and oxygen atoms in total. The summed E-state index contributed by atoms with van der Waals surface area (Å²) >= 11 is 0. The normalized spacial score (nSPS) is 14.2. The smallest absolute Gasteiger partial charge is 0.196 e. The summed E-state index contributed by atoms with van der Waals surface area (Å²) in [5, 5.41) is 10.6. The zero-order valence-corrected chi connectivity index (χ0v) is 17.5. The second-order valence-electron chi connectivity index (χ2n) is 7.92. The van der Waals surface area contributed by atoms with Gasteiger partial charge in [0, 0.05) is 23.7 Å². The summed E-state index contributed by atoms with van der Waals surface area (Å²) in [6.07, 6.45) is 8.31. The van der Waals surface area contributed by atoms with E-state index in [1.165, 1.54) is 32.1 Å². The number of phenolic OH excluding ortho intramolecular Hbond substituents is 1. The number of benzene rings is 2. The molecule has 0 atom stereocenters. The summed E-state index contributed by atoms with van der Waals surface area (Å²) in [7, 11) is 0. The molecule has 4 heteroatoms. The number of phenols is 1. The van der Waals surface area contributed by atoms with E-state index in [-0.39, 0.29) is 11.5 Å². The molecule has 0 bridgehead atoms. The largest absolute Gasteiger partial charge is 0.507 e. The highest BCUT2D eigenvalue weighted by molar-refractivity contribution is 6.10. The van der Waals surface area contributed by atoms with Crippen molar-refractivity contribution in [3.05, 3.63) is 59.2 Å². The second kappa shape index (κ2) is 11.0. The fourth-order valence-electron chi connectivity index (χ4n) is 3.87. The maximum atomic E-state index is 12.9. The van der Waals surface area contributed by atoms with Crippen molar-refractivity contribution >= 4 is 5.78 Å². The number of unbranched alkanes of at least 4 members (excludes halogenated alkanes) is 4. The van der Waals surface area contributed by atoms with E-state index in [2.05, 4.69) is 11.8 Å². The van der Waals surface area contributed by atoms with Crippen molar-refractivity contribution in [2.45, 2.75) is 58.4 Å². The summed E-state index contributed by atoms with van der Waals surface area (Å²) in [4.78, 5) is 15.3. The average Bonchev–Trinajstić information content (AvgIpc) is 3.25. The van der Waals surface area contributed by atoms with E-state index in [1.807, 2.05) is 24.3 Å². The number of hydrogen-bond donors (Lipinski definition) is 1. The number of carbonyl (C=O) groups excluding carboxylic acids is 1. The highest BCUT2D eigenvalue weighted by Crippen LogP contribution is 2.32. The van der Waals surface area contributed by atoms with Crippen LogP contribution in [0, 0.1) is 0 Å². The zero-order chi connectivity index (χ0) is 20.5. The number of aromatic hydroxyl groups is 1. The maximum absolute atomic E-state index is 12.9. The van der Waals surface area contributed by atoms with Crippen LogP contribution in [0.1, 0.15) is 73.4 Å². The molecule has 1 aliphatic rings. The number of likely N-dealkylation sites (tertiary alicyclic amines) is 1. The Balaban J connectivity index is 1.77. The summed E-state index contributed by atoms with van der Waals surface area (Å²) < 4.78 is 6.05. The Labute approximate surface area is 174 Å². The van der Waals surface area contributed by atoms with Crippen LogP contribution in [0.4, 0.5) is 0 Å². The first-order valence-corrected chi connectivity index (χ1v) is 11.0. The van der Waals surface area contributed by atoms with E-state index in [0.717, 1.165) is 38.0 Å². The van der Waals surface area contributed by atoms with Gasteiger partial charge in [-0.1, -0.05) is 62.9 Å². The molecule has 29 heavy (non-hydrogen) atoms. The SMILES string of the molecule is CCCCCCCOc1cc(O)c(C(=O)c2ccccc2)cc1CN1CCCC1. The molecule has 2 aromatic rings. The van der Waals surface area contributed by atoms with Gasteiger partial charge in [0.1, 0.15) is 11.5 Å². The van der Waals surface area contributed by atoms with Crippen LogP contribution < -0.4 is 4.74 Å². The molecule has 0 unspecified atom stereocenters. The summed E-state index contributed by atoms with van der Waals surface area (Å²) in [5.41, 5.74) is 1.91. The number of ketones is 1. The van der Waals surface area contributed by atoms with Crippen LogP contribution >= 0.6 is 0 Å². The van der Waals surface area contributed by atoms with Gasteiger partial charge in [-0.25, -0.2) is 0 Å². The third-order valence-electron chi connectivity index (χ3n) is 5.56. The zero-order valence-electron chi connectivity index (χ0n) is 17.5. The third kappa shape index (κ3) is 6.07. The van der Waals surface area contributed by atoms with Crippen molar-refractivity contribution in [2.24, 2.45) is 0 Å². The van der Waals surface area contributed by atoms with E-state index in [0.29, 0.717) is 23.5 Å². The first-order valence-electron chi connectivity index (χ1n) is 11.0. The Bertz CT molecular complexity index is 782. The van der Waals surface area contributed by atoms with Crippen molar-refractivity contribution in [1.29, 1.82) is 0 Å². The standard InChI is InChI=1S/C25H33NO3/c1-2-3-4-5-11-16-29-24-18-23(27)22(25(28)20-12-7-6-8-13-20)17-21(24)19-26-14-9-10-15-26/h6-8,12-13,17-18,27H,2-5,9-11,14-16,19H2,1H3. The highest BCUT2D eigenvalue weighted by Gasteiger charge is 2.20. The molecule has 1 saturated heterocycles. The van der Waals surface area contributed by atoms with Crippen LogP contribution in [0.3, 0.4) is 0 Å². The lowest BCUT2D eigenvalue weighted by Crippen LogP contribution is -2.19. The highest BCUT2D eigenvalue weighted by atomic mass is 16.5. The number of rotatable bonds is 11. The number of hydrogen-bond acceptors (Lipinski definition) is 4. The summed E-state index contributed by atoms with van der Waals surface area (Å²) in [6, 6.07) is 12.6. The van der Waals surface area contributed by atoms with Gasteiger partial charge in [-0.2, -0.15) is 0 Å². The van der Waals surface area contributed by atoms with E-state index in [9.17, 15) is 9.90 Å². The predicted octanol–water partition coefficient (Wildman–Crippen LogP) is 5.57. The van der Waals surface area contributed by atoms with Crippen molar-refractivity contribution in [3.8, 4) is 11.5 Å². The number of nitrogens with zero attached hydrogens (tertiary/aromatic N) is 1. The lowest BCUT2D eigenvalue weighted by Gasteiger charge is -2.19. The van der Waals surface area contributed by atoms with Gasteiger partial charge in [0.15, 0.2) is 5.78 Å². The minimum absolute atomic E-state index is 0.00925. The quantitative estimate of drug-likeness (QED) is 0.399. The van der Waals surface area contributed by atoms with E-state index in [1.54, 1.807) is 18.2 Å². The van der Waals surface area contributed by atoms with Gasteiger partial charge in [0.05, 0.1) is 12.2 Å². The molecule has 156 valence electrons. The Morgan fingerprint density at radius 3 is 2.48 bits per heavy atom. The Kier molecular flexibility index (Phi) is 8.12. The fourth-order valence-corrected chi connectivity index (χ4v) is 3.87. The molecule has 0 aliphatic carbocycles. The molecular formula is C25H33NO3. The molecule has 0 saturated carbocycles. The van der Waals surface area contributed by atoms with Gasteiger partial charge in [-0.15, -0.1) is 0 Å². The minimum Gasteiger partial charge on any atom is -0.507 e. The Hall–Kier alpha value is -2.33. The minimum atomic E-state index is -0.156. The molecule has 1 fully saturated rings. The van der Waals surface area contributed by atoms with Gasteiger partial charge in [-0.3, -0.25) is 9.69 Å². The van der Waals surface area contributed by atoms with Crippen LogP contribution in [0.15, 0.2) is 42.5 Å². The first kappa shape index (κ1) is 21.4. The molecule has 1 N–H and O–H groups in total. The molecule has 2 aromatic carbocycles. The molecule has 0 aromatic heterocycles. The molecule has 0 spiro atoms. The van der Waals surface area contributed by atoms with Crippen molar-refractivity contribution < 1.29 is 14.6 Å². The molecule has 0 radical (unpaired) electrons. The van der Waals surface area contributed by atoms with Crippen LogP contribution in [0.2, 0.25) is 0 Å². The molecule has 0 amide bonds. The van der Waals surface area contributed by atoms with Crippen LogP contribution in [-0.4, -0.2) is 35.5 Å². The third-order valence-corrected chi connectivity index (χ3v) is 5.56. The van der Waals surface area contributed by atoms with Crippen molar-refractivity contribution in [2.75, 3.05) is 19.7 Å². The summed E-state index contributed by atoms with van der Waals surface area (Å²) in [5.74, 6) is 0.538. The van der Waals surface area contributed by atoms with E-state index in [4.69, 9.17) is 4.74 Å². The van der Waals surface area contributed by atoms with Gasteiger partial charge < -0.3 is 9.84 Å². The van der Waals surface area contributed by atoms with Crippen molar-refractivity contribution in [1.82, 2.24) is 4.90 Å². The first-order chi connectivity index (χ1) is 14.2. The van der Waals surface area contributed by atoms with Gasteiger partial charge >= 0.3 is 0 Å². The monoisotopic (exact) mass is 395 g/mol. The molecule has 1 heterocycles. The predicted molar refractivity (Wildman–Crippen MR) is 117 cm³/mol. The summed E-state index contributed by atoms with van der Waals surface area (Å²) in [6.45, 7) is 5.74. The Morgan fingerprint density at radius 1 is 1.03 bits per heavy atom. The lowest BCUT2D eigenvalue weighted by molar-refractivity contribution is 0.103.